The number of hydrogen-bond donors (Lipinski definition) is 5. The van der Waals surface area contributed by atoms with Gasteiger partial charge in [-0.1, -0.05) is 102 Å². The normalized spacial score (nSPS) is 12.4. The topological polar surface area (TPSA) is 150 Å². The van der Waals surface area contributed by atoms with E-state index in [2.05, 4.69) is 157 Å². The maximum Gasteiger partial charge on any atom is 0.320 e. The molecule has 6 N–H and O–H groups in total. The number of nitrogens with zero attached hydrogens (tertiary/aromatic N) is 2. The van der Waals surface area contributed by atoms with Crippen LogP contribution in [-0.4, -0.2) is 49.5 Å². The molecule has 7 aromatic rings. The van der Waals surface area contributed by atoms with Crippen molar-refractivity contribution in [2.24, 2.45) is 5.73 Å². The zero-order chi connectivity index (χ0) is 43.6. The Kier molecular flexibility index (Phi) is 11.3. The minimum Gasteiger partial charge on any atom is -0.480 e. The molecular weight excluding hydrogens is 781 g/mol. The number of amides is 1. The van der Waals surface area contributed by atoms with Crippen molar-refractivity contribution in [3.63, 3.8) is 0 Å². The largest absolute Gasteiger partial charge is 0.480 e. The Morgan fingerprint density at radius 3 is 1.19 bits per heavy atom. The zero-order valence-corrected chi connectivity index (χ0v) is 35.5. The number of unbranched alkanes of at least 4 members (excludes halogenated alkanes) is 1. The maximum absolute atomic E-state index is 13.2. The van der Waals surface area contributed by atoms with Crippen LogP contribution in [0, 0.1) is 20.8 Å². The summed E-state index contributed by atoms with van der Waals surface area (Å²) in [5.74, 6) is -1.22. The fraction of sp³-hybridized carbons (Fsp3) is 0.148. The van der Waals surface area contributed by atoms with Gasteiger partial charge in [0.1, 0.15) is 6.04 Å². The second kappa shape index (κ2) is 17.4. The Balaban J connectivity index is 1.26. The summed E-state index contributed by atoms with van der Waals surface area (Å²) in [5.41, 5.74) is 24.4. The highest BCUT2D eigenvalue weighted by molar-refractivity contribution is 6.00. The van der Waals surface area contributed by atoms with E-state index in [1.165, 1.54) is 16.7 Å². The van der Waals surface area contributed by atoms with Crippen molar-refractivity contribution < 1.29 is 14.7 Å². The van der Waals surface area contributed by atoms with Crippen LogP contribution in [0.5, 0.6) is 0 Å². The van der Waals surface area contributed by atoms with E-state index >= 15 is 0 Å². The molecule has 312 valence electrons. The molecule has 0 saturated carbocycles. The first-order chi connectivity index (χ1) is 30.6. The van der Waals surface area contributed by atoms with Gasteiger partial charge in [0.15, 0.2) is 0 Å². The number of benzene rings is 4. The van der Waals surface area contributed by atoms with Crippen molar-refractivity contribution >= 4 is 58.2 Å². The van der Waals surface area contributed by atoms with Crippen molar-refractivity contribution in [1.82, 2.24) is 25.3 Å². The number of fused-ring (bicyclic) bond motifs is 8. The van der Waals surface area contributed by atoms with Crippen molar-refractivity contribution in [2.75, 3.05) is 6.54 Å². The number of carbonyl (C=O) groups is 2. The van der Waals surface area contributed by atoms with Crippen LogP contribution >= 0.6 is 0 Å². The van der Waals surface area contributed by atoms with Gasteiger partial charge in [0.05, 0.1) is 22.8 Å². The highest BCUT2D eigenvalue weighted by atomic mass is 16.4. The van der Waals surface area contributed by atoms with Crippen LogP contribution in [-0.2, 0) is 4.79 Å². The van der Waals surface area contributed by atoms with Crippen LogP contribution in [0.4, 0.5) is 0 Å². The van der Waals surface area contributed by atoms with Crippen molar-refractivity contribution in [2.45, 2.75) is 46.1 Å². The summed E-state index contributed by atoms with van der Waals surface area (Å²) >= 11 is 0. The maximum atomic E-state index is 13.2. The van der Waals surface area contributed by atoms with E-state index in [9.17, 15) is 9.59 Å². The molecule has 0 spiro atoms. The Labute approximate surface area is 366 Å². The van der Waals surface area contributed by atoms with Gasteiger partial charge in [-0.25, -0.2) is 9.97 Å². The third-order valence-electron chi connectivity index (χ3n) is 11.8. The second-order valence-corrected chi connectivity index (χ2v) is 16.4. The van der Waals surface area contributed by atoms with Crippen molar-refractivity contribution in [3.05, 3.63) is 166 Å². The Hall–Kier alpha value is -7.62. The molecule has 4 aromatic carbocycles. The van der Waals surface area contributed by atoms with Gasteiger partial charge in [0.25, 0.3) is 5.91 Å². The lowest BCUT2D eigenvalue weighted by Gasteiger charge is -2.09. The summed E-state index contributed by atoms with van der Waals surface area (Å²) < 4.78 is 0. The molecule has 9 heteroatoms. The number of aliphatic carboxylic acids is 1. The van der Waals surface area contributed by atoms with Gasteiger partial charge in [-0.2, -0.15) is 0 Å². The summed E-state index contributed by atoms with van der Waals surface area (Å²) in [6, 6.07) is 40.9. The minimum absolute atomic E-state index is 0.202. The molecule has 1 amide bonds. The smallest absolute Gasteiger partial charge is 0.320 e. The third kappa shape index (κ3) is 8.51. The quantitative estimate of drug-likeness (QED) is 0.0819. The van der Waals surface area contributed by atoms with E-state index in [0.717, 1.165) is 89.4 Å². The number of carboxylic acids is 1. The van der Waals surface area contributed by atoms with Crippen molar-refractivity contribution in [1.29, 1.82) is 0 Å². The first-order valence-electron chi connectivity index (χ1n) is 21.3. The minimum atomic E-state index is -1.02. The molecule has 0 saturated heterocycles. The molecule has 0 unspecified atom stereocenters. The number of nitrogens with two attached hydrogens (primary N) is 1. The van der Waals surface area contributed by atoms with E-state index in [4.69, 9.17) is 20.8 Å². The van der Waals surface area contributed by atoms with Crippen LogP contribution in [0.2, 0.25) is 0 Å². The fourth-order valence-corrected chi connectivity index (χ4v) is 8.29. The number of nitrogens with one attached hydrogen (secondary N) is 3. The predicted octanol–water partition coefficient (Wildman–Crippen LogP) is 11.6. The molecule has 9 rings (SSSR count). The molecule has 2 aliphatic heterocycles. The number of aromatic amines is 2. The number of hydrogen-bond acceptors (Lipinski definition) is 5. The molecule has 9 nitrogen and oxygen atoms in total. The molecule has 3 aromatic heterocycles. The summed E-state index contributed by atoms with van der Waals surface area (Å²) in [7, 11) is 0. The van der Waals surface area contributed by atoms with Gasteiger partial charge in [0.2, 0.25) is 0 Å². The van der Waals surface area contributed by atoms with E-state index in [0.29, 0.717) is 31.4 Å². The third-order valence-corrected chi connectivity index (χ3v) is 11.8. The molecule has 0 aliphatic carbocycles. The molecule has 63 heavy (non-hydrogen) atoms. The first-order valence-corrected chi connectivity index (χ1v) is 21.3. The Morgan fingerprint density at radius 2 is 0.857 bits per heavy atom. The van der Waals surface area contributed by atoms with Crippen molar-refractivity contribution in [3.8, 4) is 44.5 Å². The van der Waals surface area contributed by atoms with Gasteiger partial charge >= 0.3 is 5.97 Å². The summed E-state index contributed by atoms with van der Waals surface area (Å²) in [6.07, 6.45) is 9.95. The number of aromatic nitrogens is 4. The van der Waals surface area contributed by atoms with E-state index in [1.54, 1.807) is 0 Å². The standard InChI is InChI=1S/C54H48N6O3/c1-32-7-13-35(14-8-32)49-41-23-25-43(57-41)50(36-15-9-33(2)10-16-36)45-27-29-47(59-45)52(38-19-21-39(22-20-38)53(61)56-31-5-4-6-40(55)54(62)63)48-30-28-46(60-48)51(44-26-24-42(49)58-44)37-17-11-34(3)12-18-37/h7-30,40,57,60H,4-6,31,55H2,1-3H3,(H,56,61)(H,62,63)/t40-/m0/s1. The fourth-order valence-electron chi connectivity index (χ4n) is 8.29. The lowest BCUT2D eigenvalue weighted by atomic mass is 10.0. The molecule has 8 bridgehead atoms. The lowest BCUT2D eigenvalue weighted by molar-refractivity contribution is -0.138. The number of carboxylic acid groups (broad SMARTS) is 1. The highest BCUT2D eigenvalue weighted by Crippen LogP contribution is 2.38. The molecular formula is C54H48N6O3. The van der Waals surface area contributed by atoms with Gasteiger partial charge in [0, 0.05) is 56.4 Å². The van der Waals surface area contributed by atoms with Crippen LogP contribution in [0.15, 0.2) is 121 Å². The average molecular weight is 829 g/mol. The van der Waals surface area contributed by atoms with E-state index < -0.39 is 12.0 Å². The van der Waals surface area contributed by atoms with Gasteiger partial charge < -0.3 is 26.1 Å². The molecule has 2 aliphatic rings. The number of rotatable bonds is 11. The van der Waals surface area contributed by atoms with Gasteiger partial charge in [-0.3, -0.25) is 9.59 Å². The Morgan fingerprint density at radius 1 is 0.524 bits per heavy atom. The summed E-state index contributed by atoms with van der Waals surface area (Å²) in [5, 5.41) is 12.0. The summed E-state index contributed by atoms with van der Waals surface area (Å²) in [6.45, 7) is 6.70. The predicted molar refractivity (Wildman–Crippen MR) is 257 cm³/mol. The van der Waals surface area contributed by atoms with Gasteiger partial charge in [-0.15, -0.1) is 0 Å². The number of H-pyrrole nitrogens is 2. The molecule has 0 radical (unpaired) electrons. The zero-order valence-electron chi connectivity index (χ0n) is 35.5. The van der Waals surface area contributed by atoms with E-state index in [-0.39, 0.29) is 5.91 Å². The monoisotopic (exact) mass is 828 g/mol. The SMILES string of the molecule is Cc1ccc(-c2c3nc(c(-c4ccc(C)cc4)c4ccc([nH]4)c(-c4ccc(C(=O)NCCCC[C@H](N)C(=O)O)cc4)c4nc(c(-c5ccc(C)cc5)c5ccc2[nH]5)C=C4)C=C3)cc1. The highest BCUT2D eigenvalue weighted by Gasteiger charge is 2.20. The van der Waals surface area contributed by atoms with E-state index in [1.807, 2.05) is 24.3 Å². The van der Waals surface area contributed by atoms with Crippen LogP contribution in [0.1, 0.15) is 69.1 Å². The second-order valence-electron chi connectivity index (χ2n) is 16.4. The average Bonchev–Trinajstić information content (AvgIpc) is 4.14. The lowest BCUT2D eigenvalue weighted by Crippen LogP contribution is -2.30. The molecule has 5 heterocycles. The van der Waals surface area contributed by atoms with Gasteiger partial charge in [-0.05, 0) is 123 Å². The summed E-state index contributed by atoms with van der Waals surface area (Å²) in [4.78, 5) is 42.7. The first kappa shape index (κ1) is 40.8. The Bertz CT molecular complexity index is 3060. The van der Waals surface area contributed by atoms with Crippen LogP contribution in [0.25, 0.3) is 90.9 Å². The number of carbonyl (C=O) groups excluding carboxylic acids is 1. The molecule has 0 fully saturated rings. The number of aryl methyl sites for hydroxylation is 3. The van der Waals surface area contributed by atoms with Crippen LogP contribution in [0.3, 0.4) is 0 Å². The van der Waals surface area contributed by atoms with Crippen LogP contribution < -0.4 is 11.1 Å². The molecule has 1 atom stereocenters.